The van der Waals surface area contributed by atoms with Gasteiger partial charge in [0.05, 0.1) is 22.9 Å². The minimum atomic E-state index is -4.60. The van der Waals surface area contributed by atoms with Gasteiger partial charge in [-0.1, -0.05) is 35.3 Å². The normalized spacial score (nSPS) is 18.3. The second-order valence-corrected chi connectivity index (χ2v) is 7.81. The Morgan fingerprint density at radius 3 is 2.52 bits per heavy atom. The van der Waals surface area contributed by atoms with Gasteiger partial charge >= 0.3 is 6.18 Å². The summed E-state index contributed by atoms with van der Waals surface area (Å²) < 4.78 is 55.2. The maximum Gasteiger partial charge on any atom is 0.410 e. The maximum absolute atomic E-state index is 13.7. The van der Waals surface area contributed by atoms with Crippen LogP contribution in [0.5, 0.6) is 0 Å². The molecule has 0 saturated heterocycles. The lowest BCUT2D eigenvalue weighted by molar-refractivity contribution is -0.173. The highest BCUT2D eigenvalue weighted by molar-refractivity contribution is 6.36. The summed E-state index contributed by atoms with van der Waals surface area (Å²) in [7, 11) is 0. The maximum atomic E-state index is 13.7. The van der Waals surface area contributed by atoms with Crippen molar-refractivity contribution in [2.75, 3.05) is 10.6 Å². The zero-order valence-corrected chi connectivity index (χ0v) is 17.1. The molecule has 0 aliphatic carbocycles. The van der Waals surface area contributed by atoms with Gasteiger partial charge < -0.3 is 10.6 Å². The molecule has 1 amide bonds. The molecular formula is C20H14Cl2F4N4O. The molecular weight excluding hydrogens is 459 g/mol. The molecule has 5 nitrogen and oxygen atoms in total. The lowest BCUT2D eigenvalue weighted by Gasteiger charge is -2.34. The van der Waals surface area contributed by atoms with Crippen molar-refractivity contribution in [3.63, 3.8) is 0 Å². The predicted molar refractivity (Wildman–Crippen MR) is 109 cm³/mol. The summed E-state index contributed by atoms with van der Waals surface area (Å²) in [5.41, 5.74) is 0.608. The largest absolute Gasteiger partial charge is 0.410 e. The van der Waals surface area contributed by atoms with Gasteiger partial charge in [-0.2, -0.15) is 18.3 Å². The van der Waals surface area contributed by atoms with Crippen LogP contribution in [0.3, 0.4) is 0 Å². The lowest BCUT2D eigenvalue weighted by Crippen LogP contribution is -2.36. The molecule has 2 atom stereocenters. The van der Waals surface area contributed by atoms with Gasteiger partial charge in [-0.05, 0) is 35.9 Å². The molecule has 0 radical (unpaired) electrons. The summed E-state index contributed by atoms with van der Waals surface area (Å²) in [6.45, 7) is 0. The van der Waals surface area contributed by atoms with Crippen LogP contribution in [0.15, 0.2) is 48.7 Å². The van der Waals surface area contributed by atoms with E-state index in [9.17, 15) is 22.4 Å². The van der Waals surface area contributed by atoms with Crippen molar-refractivity contribution in [3.8, 4) is 0 Å². The zero-order valence-electron chi connectivity index (χ0n) is 15.6. The van der Waals surface area contributed by atoms with Crippen molar-refractivity contribution in [1.82, 2.24) is 9.78 Å². The Morgan fingerprint density at radius 1 is 1.16 bits per heavy atom. The number of nitrogens with zero attached hydrogens (tertiary/aromatic N) is 2. The van der Waals surface area contributed by atoms with E-state index >= 15 is 0 Å². The minimum Gasteiger partial charge on any atom is -0.363 e. The summed E-state index contributed by atoms with van der Waals surface area (Å²) in [5, 5.41) is 9.83. The summed E-state index contributed by atoms with van der Waals surface area (Å²) in [6.07, 6.45) is -3.91. The van der Waals surface area contributed by atoms with Crippen LogP contribution in [0.1, 0.15) is 34.4 Å². The molecule has 2 aromatic carbocycles. The number of amides is 1. The van der Waals surface area contributed by atoms with Gasteiger partial charge in [0.1, 0.15) is 17.2 Å². The van der Waals surface area contributed by atoms with Crippen molar-refractivity contribution in [2.45, 2.75) is 24.7 Å². The first-order valence-corrected chi connectivity index (χ1v) is 9.81. The number of aromatic nitrogens is 2. The molecule has 4 rings (SSSR count). The van der Waals surface area contributed by atoms with E-state index in [2.05, 4.69) is 15.7 Å². The van der Waals surface area contributed by atoms with Crippen molar-refractivity contribution < 1.29 is 22.4 Å². The summed E-state index contributed by atoms with van der Waals surface area (Å²) in [4.78, 5) is 12.8. The van der Waals surface area contributed by atoms with Crippen LogP contribution in [0.4, 0.5) is 29.1 Å². The summed E-state index contributed by atoms with van der Waals surface area (Å²) in [5.74, 6) is -1.29. The lowest BCUT2D eigenvalue weighted by atomic mass is 9.96. The Morgan fingerprint density at radius 2 is 1.87 bits per heavy atom. The van der Waals surface area contributed by atoms with Gasteiger partial charge in [-0.25, -0.2) is 9.07 Å². The third-order valence-electron chi connectivity index (χ3n) is 4.93. The van der Waals surface area contributed by atoms with Crippen LogP contribution < -0.4 is 10.6 Å². The number of hydrogen-bond donors (Lipinski definition) is 2. The van der Waals surface area contributed by atoms with Crippen molar-refractivity contribution in [3.05, 3.63) is 75.7 Å². The first kappa shape index (κ1) is 21.5. The number of fused-ring (bicyclic) bond motifs is 1. The van der Waals surface area contributed by atoms with Gasteiger partial charge in [0.15, 0.2) is 6.04 Å². The number of carbonyl (C=O) groups excluding carboxylic acids is 1. The van der Waals surface area contributed by atoms with E-state index in [1.807, 2.05) is 0 Å². The van der Waals surface area contributed by atoms with E-state index in [4.69, 9.17) is 23.2 Å². The molecule has 31 heavy (non-hydrogen) atoms. The average Bonchev–Trinajstić information content (AvgIpc) is 3.13. The molecule has 1 aromatic heterocycles. The fourth-order valence-electron chi connectivity index (χ4n) is 3.42. The van der Waals surface area contributed by atoms with E-state index in [1.54, 1.807) is 0 Å². The van der Waals surface area contributed by atoms with Gasteiger partial charge in [-0.15, -0.1) is 0 Å². The third-order valence-corrected chi connectivity index (χ3v) is 5.48. The smallest absolute Gasteiger partial charge is 0.363 e. The van der Waals surface area contributed by atoms with Crippen molar-refractivity contribution >= 4 is 40.6 Å². The standard InChI is InChI=1S/C20H14Cl2F4N4O/c21-11-3-6-15(14(22)7-11)29-19(31)13-9-27-30-17(20(24,25)26)8-16(28-18(13)30)10-1-4-12(23)5-2-10/h1-7,9,16-17,28H,8H2,(H,29,31). The second kappa shape index (κ2) is 8.05. The van der Waals surface area contributed by atoms with Crippen LogP contribution in [-0.4, -0.2) is 21.9 Å². The van der Waals surface area contributed by atoms with E-state index in [0.29, 0.717) is 10.6 Å². The number of benzene rings is 2. The quantitative estimate of drug-likeness (QED) is 0.443. The molecule has 162 valence electrons. The van der Waals surface area contributed by atoms with Crippen molar-refractivity contribution in [2.24, 2.45) is 0 Å². The molecule has 1 aliphatic rings. The van der Waals surface area contributed by atoms with Crippen LogP contribution in [-0.2, 0) is 0 Å². The first-order valence-electron chi connectivity index (χ1n) is 9.06. The predicted octanol–water partition coefficient (Wildman–Crippen LogP) is 6.24. The van der Waals surface area contributed by atoms with Crippen LogP contribution in [0.2, 0.25) is 10.0 Å². The number of rotatable bonds is 3. The fraction of sp³-hybridized carbons (Fsp3) is 0.200. The first-order chi connectivity index (χ1) is 14.6. The number of anilines is 2. The Hall–Kier alpha value is -2.78. The molecule has 0 bridgehead atoms. The van der Waals surface area contributed by atoms with E-state index in [1.165, 1.54) is 42.5 Å². The third kappa shape index (κ3) is 4.33. The van der Waals surface area contributed by atoms with E-state index in [0.717, 1.165) is 10.9 Å². The van der Waals surface area contributed by atoms with Crippen molar-refractivity contribution in [1.29, 1.82) is 0 Å². The number of nitrogens with one attached hydrogen (secondary N) is 2. The van der Waals surface area contributed by atoms with Gasteiger partial charge in [0.25, 0.3) is 5.91 Å². The fourth-order valence-corrected chi connectivity index (χ4v) is 3.88. The number of hydrogen-bond acceptors (Lipinski definition) is 3. The van der Waals surface area contributed by atoms with E-state index in [-0.39, 0.29) is 28.5 Å². The number of alkyl halides is 3. The van der Waals surface area contributed by atoms with Crippen LogP contribution in [0.25, 0.3) is 0 Å². The molecule has 1 aliphatic heterocycles. The Kier molecular flexibility index (Phi) is 5.57. The average molecular weight is 473 g/mol. The monoisotopic (exact) mass is 472 g/mol. The topological polar surface area (TPSA) is 59.0 Å². The highest BCUT2D eigenvalue weighted by Crippen LogP contribution is 2.44. The Labute approximate surface area is 184 Å². The summed E-state index contributed by atoms with van der Waals surface area (Å²) >= 11 is 11.9. The highest BCUT2D eigenvalue weighted by Gasteiger charge is 2.47. The summed E-state index contributed by atoms with van der Waals surface area (Å²) in [6, 6.07) is 6.80. The van der Waals surface area contributed by atoms with Gasteiger partial charge in [-0.3, -0.25) is 4.79 Å². The Balaban J connectivity index is 1.69. The molecule has 0 spiro atoms. The SMILES string of the molecule is O=C(Nc1ccc(Cl)cc1Cl)c1cnn2c1NC(c1ccc(F)cc1)CC2C(F)(F)F. The molecule has 0 saturated carbocycles. The molecule has 2 unspecified atom stereocenters. The number of halogens is 6. The minimum absolute atomic E-state index is 0.0907. The van der Waals surface area contributed by atoms with Crippen LogP contribution in [0, 0.1) is 5.82 Å². The zero-order chi connectivity index (χ0) is 22.3. The molecule has 3 aromatic rings. The second-order valence-electron chi connectivity index (χ2n) is 6.97. The molecule has 2 heterocycles. The molecule has 2 N–H and O–H groups in total. The van der Waals surface area contributed by atoms with Crippen LogP contribution >= 0.6 is 23.2 Å². The van der Waals surface area contributed by atoms with E-state index < -0.39 is 30.0 Å². The Bertz CT molecular complexity index is 1130. The van der Waals surface area contributed by atoms with Gasteiger partial charge in [0.2, 0.25) is 0 Å². The van der Waals surface area contributed by atoms with Gasteiger partial charge in [0, 0.05) is 11.4 Å². The number of carbonyl (C=O) groups is 1. The highest BCUT2D eigenvalue weighted by atomic mass is 35.5. The molecule has 0 fully saturated rings. The molecule has 11 heteroatoms.